The van der Waals surface area contributed by atoms with Crippen molar-refractivity contribution in [1.29, 1.82) is 0 Å². The Hall–Kier alpha value is -1.59. The average molecular weight is 250 g/mol. The maximum Gasteiger partial charge on any atom is 0.170 e. The number of carbonyl (C=O) groups excluding carboxylic acids is 1. The molecule has 1 aliphatic rings. The van der Waals surface area contributed by atoms with Crippen molar-refractivity contribution in [3.05, 3.63) is 23.8 Å². The van der Waals surface area contributed by atoms with Gasteiger partial charge in [-0.1, -0.05) is 0 Å². The van der Waals surface area contributed by atoms with Crippen LogP contribution in [0.4, 0.5) is 0 Å². The molecule has 1 fully saturated rings. The lowest BCUT2D eigenvalue weighted by Crippen LogP contribution is -2.60. The van der Waals surface area contributed by atoms with E-state index in [1.165, 1.54) is 0 Å². The largest absolute Gasteiger partial charge is 0.493 e. The highest BCUT2D eigenvalue weighted by Gasteiger charge is 2.29. The predicted molar refractivity (Wildman–Crippen MR) is 68.3 cm³/mol. The second kappa shape index (κ2) is 5.37. The van der Waals surface area contributed by atoms with E-state index < -0.39 is 5.72 Å². The van der Waals surface area contributed by atoms with Gasteiger partial charge in [-0.15, -0.1) is 0 Å². The Balaban J connectivity index is 2.19. The molecule has 0 bridgehead atoms. The summed E-state index contributed by atoms with van der Waals surface area (Å²) in [6.45, 7) is 4.48. The highest BCUT2D eigenvalue weighted by Crippen LogP contribution is 2.30. The Labute approximate surface area is 106 Å². The van der Waals surface area contributed by atoms with E-state index in [0.29, 0.717) is 23.6 Å². The molecule has 0 spiro atoms. The summed E-state index contributed by atoms with van der Waals surface area (Å²) in [5, 5.41) is 6.59. The molecule has 18 heavy (non-hydrogen) atoms. The van der Waals surface area contributed by atoms with Gasteiger partial charge in [0.05, 0.1) is 7.11 Å². The summed E-state index contributed by atoms with van der Waals surface area (Å²) in [4.78, 5) is 10.7. The Morgan fingerprint density at radius 1 is 1.33 bits per heavy atom. The quantitative estimate of drug-likeness (QED) is 0.774. The molecule has 2 N–H and O–H groups in total. The second-order valence-corrected chi connectivity index (χ2v) is 4.46. The summed E-state index contributed by atoms with van der Waals surface area (Å²) >= 11 is 0. The molecule has 0 aromatic heterocycles. The van der Waals surface area contributed by atoms with Gasteiger partial charge < -0.3 is 14.8 Å². The molecule has 0 unspecified atom stereocenters. The highest BCUT2D eigenvalue weighted by molar-refractivity contribution is 5.76. The highest BCUT2D eigenvalue weighted by atomic mass is 16.5. The monoisotopic (exact) mass is 250 g/mol. The molecule has 1 heterocycles. The molecule has 0 aliphatic carbocycles. The SMILES string of the molecule is COc1cc(C=O)ccc1O[C@@]1(C)CNCCN1. The van der Waals surface area contributed by atoms with Gasteiger partial charge in [-0.2, -0.15) is 0 Å². The van der Waals surface area contributed by atoms with Gasteiger partial charge in [-0.05, 0) is 25.1 Å². The van der Waals surface area contributed by atoms with Gasteiger partial charge in [0.15, 0.2) is 17.2 Å². The Morgan fingerprint density at radius 3 is 2.78 bits per heavy atom. The normalized spacial score (nSPS) is 23.4. The number of hydrogen-bond donors (Lipinski definition) is 2. The minimum absolute atomic E-state index is 0.464. The maximum atomic E-state index is 10.7. The first-order chi connectivity index (χ1) is 8.67. The third-order valence-electron chi connectivity index (χ3n) is 2.92. The molecule has 5 nitrogen and oxygen atoms in total. The van der Waals surface area contributed by atoms with Crippen molar-refractivity contribution in [2.24, 2.45) is 0 Å². The molecule has 5 heteroatoms. The van der Waals surface area contributed by atoms with Crippen molar-refractivity contribution in [2.45, 2.75) is 12.6 Å². The van der Waals surface area contributed by atoms with Crippen LogP contribution in [0, 0.1) is 0 Å². The predicted octanol–water partition coefficient (Wildman–Crippen LogP) is 0.795. The van der Waals surface area contributed by atoms with E-state index in [1.807, 2.05) is 6.92 Å². The average Bonchev–Trinajstić information content (AvgIpc) is 2.39. The number of carbonyl (C=O) groups is 1. The molecule has 1 atom stereocenters. The fraction of sp³-hybridized carbons (Fsp3) is 0.462. The lowest BCUT2D eigenvalue weighted by molar-refractivity contribution is 0.0355. The van der Waals surface area contributed by atoms with E-state index in [4.69, 9.17) is 9.47 Å². The van der Waals surface area contributed by atoms with E-state index in [0.717, 1.165) is 19.4 Å². The van der Waals surface area contributed by atoms with Crippen molar-refractivity contribution >= 4 is 6.29 Å². The van der Waals surface area contributed by atoms with Crippen molar-refractivity contribution < 1.29 is 14.3 Å². The van der Waals surface area contributed by atoms with Crippen LogP contribution in [0.25, 0.3) is 0 Å². The Kier molecular flexibility index (Phi) is 3.84. The van der Waals surface area contributed by atoms with E-state index in [-0.39, 0.29) is 0 Å². The zero-order valence-electron chi connectivity index (χ0n) is 10.7. The molecule has 0 radical (unpaired) electrons. The van der Waals surface area contributed by atoms with E-state index in [2.05, 4.69) is 10.6 Å². The number of nitrogens with one attached hydrogen (secondary N) is 2. The summed E-state index contributed by atoms with van der Waals surface area (Å²) in [5.41, 5.74) is 0.105. The minimum atomic E-state index is -0.464. The lowest BCUT2D eigenvalue weighted by atomic mass is 10.2. The first kappa shape index (κ1) is 12.9. The first-order valence-electron chi connectivity index (χ1n) is 5.95. The fourth-order valence-electron chi connectivity index (χ4n) is 1.96. The van der Waals surface area contributed by atoms with Crippen molar-refractivity contribution in [2.75, 3.05) is 26.7 Å². The molecule has 0 amide bonds. The molecule has 1 saturated heterocycles. The van der Waals surface area contributed by atoms with Gasteiger partial charge in [-0.25, -0.2) is 0 Å². The number of piperazine rings is 1. The summed E-state index contributed by atoms with van der Waals surface area (Å²) in [7, 11) is 1.56. The molecule has 1 aliphatic heterocycles. The van der Waals surface area contributed by atoms with Crippen molar-refractivity contribution in [3.63, 3.8) is 0 Å². The summed E-state index contributed by atoms with van der Waals surface area (Å²) in [5.74, 6) is 1.19. The zero-order chi connectivity index (χ0) is 13.0. The van der Waals surface area contributed by atoms with Crippen LogP contribution in [0.15, 0.2) is 18.2 Å². The third kappa shape index (κ3) is 2.80. The third-order valence-corrected chi connectivity index (χ3v) is 2.92. The Morgan fingerprint density at radius 2 is 2.17 bits per heavy atom. The van der Waals surface area contributed by atoms with Gasteiger partial charge in [0, 0.05) is 25.2 Å². The van der Waals surface area contributed by atoms with Crippen LogP contribution < -0.4 is 20.1 Å². The molecule has 98 valence electrons. The first-order valence-corrected chi connectivity index (χ1v) is 5.95. The summed E-state index contributed by atoms with van der Waals surface area (Å²) in [6, 6.07) is 5.14. The summed E-state index contributed by atoms with van der Waals surface area (Å²) in [6.07, 6.45) is 0.786. The standard InChI is InChI=1S/C13H18N2O3/c1-13(9-14-5-6-15-13)18-11-4-3-10(8-16)7-12(11)17-2/h3-4,7-8,14-15H,5-6,9H2,1-2H3/t13-/m0/s1. The van der Waals surface area contributed by atoms with Gasteiger partial charge in [0.25, 0.3) is 0 Å². The van der Waals surface area contributed by atoms with Gasteiger partial charge in [0.2, 0.25) is 0 Å². The van der Waals surface area contributed by atoms with Crippen LogP contribution in [0.1, 0.15) is 17.3 Å². The zero-order valence-corrected chi connectivity index (χ0v) is 10.7. The van der Waals surface area contributed by atoms with Crippen LogP contribution in [-0.4, -0.2) is 38.8 Å². The van der Waals surface area contributed by atoms with Crippen LogP contribution in [0.3, 0.4) is 0 Å². The molecule has 1 aromatic carbocycles. The van der Waals surface area contributed by atoms with Crippen LogP contribution in [0.2, 0.25) is 0 Å². The molecule has 2 rings (SSSR count). The van der Waals surface area contributed by atoms with Crippen molar-refractivity contribution in [1.82, 2.24) is 10.6 Å². The molecular formula is C13H18N2O3. The minimum Gasteiger partial charge on any atom is -0.493 e. The van der Waals surface area contributed by atoms with Crippen LogP contribution in [-0.2, 0) is 0 Å². The molecular weight excluding hydrogens is 232 g/mol. The fourth-order valence-corrected chi connectivity index (χ4v) is 1.96. The van der Waals surface area contributed by atoms with Crippen LogP contribution in [0.5, 0.6) is 11.5 Å². The Bertz CT molecular complexity index is 428. The smallest absolute Gasteiger partial charge is 0.170 e. The summed E-state index contributed by atoms with van der Waals surface area (Å²) < 4.78 is 11.2. The molecule has 1 aromatic rings. The van der Waals surface area contributed by atoms with Gasteiger partial charge >= 0.3 is 0 Å². The van der Waals surface area contributed by atoms with Gasteiger partial charge in [0.1, 0.15) is 6.29 Å². The number of aldehydes is 1. The van der Waals surface area contributed by atoms with Crippen LogP contribution >= 0.6 is 0 Å². The maximum absolute atomic E-state index is 10.7. The van der Waals surface area contributed by atoms with Crippen molar-refractivity contribution in [3.8, 4) is 11.5 Å². The number of methoxy groups -OCH3 is 1. The van der Waals surface area contributed by atoms with E-state index in [1.54, 1.807) is 25.3 Å². The number of rotatable bonds is 4. The number of ether oxygens (including phenoxy) is 2. The van der Waals surface area contributed by atoms with Gasteiger partial charge in [-0.3, -0.25) is 10.1 Å². The van der Waals surface area contributed by atoms with E-state index >= 15 is 0 Å². The lowest BCUT2D eigenvalue weighted by Gasteiger charge is -2.36. The number of benzene rings is 1. The topological polar surface area (TPSA) is 59.6 Å². The molecule has 0 saturated carbocycles. The second-order valence-electron chi connectivity index (χ2n) is 4.46. The number of hydrogen-bond acceptors (Lipinski definition) is 5. The van der Waals surface area contributed by atoms with E-state index in [9.17, 15) is 4.79 Å².